The van der Waals surface area contributed by atoms with Gasteiger partial charge in [-0.1, -0.05) is 6.07 Å². The lowest BCUT2D eigenvalue weighted by atomic mass is 10.0. The van der Waals surface area contributed by atoms with Gasteiger partial charge in [-0.3, -0.25) is 9.59 Å². The highest BCUT2D eigenvalue weighted by molar-refractivity contribution is 7.88. The zero-order valence-corrected chi connectivity index (χ0v) is 16.7. The van der Waals surface area contributed by atoms with Crippen LogP contribution in [0, 0.1) is 0 Å². The number of hydrogen-bond acceptors (Lipinski definition) is 5. The van der Waals surface area contributed by atoms with Crippen LogP contribution in [-0.4, -0.2) is 61.1 Å². The molecule has 10 heteroatoms. The van der Waals surface area contributed by atoms with Gasteiger partial charge in [0.1, 0.15) is 0 Å². The number of carboxylic acid groups (broad SMARTS) is 2. The molecule has 0 amide bonds. The van der Waals surface area contributed by atoms with Crippen molar-refractivity contribution in [1.29, 1.82) is 0 Å². The number of likely N-dealkylation sites (N-methyl/N-ethyl adjacent to an activating group) is 1. The molecule has 0 atom stereocenters. The third-order valence-corrected chi connectivity index (χ3v) is 5.79. The monoisotopic (exact) mass is 411 g/mol. The van der Waals surface area contributed by atoms with E-state index < -0.39 is 22.0 Å². The Labute approximate surface area is 163 Å². The van der Waals surface area contributed by atoms with Crippen molar-refractivity contribution in [2.45, 2.75) is 31.6 Å². The van der Waals surface area contributed by atoms with E-state index in [2.05, 4.69) is 21.7 Å². The summed E-state index contributed by atoms with van der Waals surface area (Å²) in [6, 6.07) is 5.86. The van der Waals surface area contributed by atoms with Gasteiger partial charge in [0, 0.05) is 29.7 Å². The summed E-state index contributed by atoms with van der Waals surface area (Å²) >= 11 is 0. The van der Waals surface area contributed by atoms with E-state index in [1.165, 1.54) is 18.3 Å². The molecule has 2 heterocycles. The number of H-pyrrole nitrogens is 1. The maximum Gasteiger partial charge on any atom is 0.303 e. The van der Waals surface area contributed by atoms with E-state index in [1.807, 2.05) is 18.2 Å². The predicted octanol–water partition coefficient (Wildman–Crippen LogP) is 1.14. The number of nitrogens with one attached hydrogen (secondary N) is 2. The number of fused-ring (bicyclic) bond motifs is 3. The highest BCUT2D eigenvalue weighted by Gasteiger charge is 2.19. The Kier molecular flexibility index (Phi) is 7.17. The van der Waals surface area contributed by atoms with Gasteiger partial charge in [-0.25, -0.2) is 13.1 Å². The van der Waals surface area contributed by atoms with Crippen LogP contribution in [-0.2, 0) is 38.3 Å². The largest absolute Gasteiger partial charge is 0.481 e. The summed E-state index contributed by atoms with van der Waals surface area (Å²) in [6.45, 7) is 1.97. The maximum atomic E-state index is 11.6. The number of aromatic amines is 1. The first-order valence-corrected chi connectivity index (χ1v) is 10.4. The molecule has 0 saturated carbocycles. The van der Waals surface area contributed by atoms with Crippen molar-refractivity contribution in [1.82, 2.24) is 14.6 Å². The first kappa shape index (κ1) is 21.9. The molecule has 0 aliphatic carbocycles. The van der Waals surface area contributed by atoms with Gasteiger partial charge < -0.3 is 20.1 Å². The zero-order valence-electron chi connectivity index (χ0n) is 15.9. The van der Waals surface area contributed by atoms with E-state index in [-0.39, 0.29) is 18.6 Å². The van der Waals surface area contributed by atoms with E-state index in [0.29, 0.717) is 0 Å². The third kappa shape index (κ3) is 6.04. The molecule has 1 aromatic heterocycles. The van der Waals surface area contributed by atoms with E-state index in [1.54, 1.807) is 0 Å². The third-order valence-electron chi connectivity index (χ3n) is 4.45. The van der Waals surface area contributed by atoms with Crippen LogP contribution in [0.1, 0.15) is 29.7 Å². The fourth-order valence-corrected chi connectivity index (χ4v) is 3.78. The summed E-state index contributed by atoms with van der Waals surface area (Å²) in [6.07, 6.45) is 0.415. The van der Waals surface area contributed by atoms with Crippen LogP contribution >= 0.6 is 0 Å². The molecular formula is C18H25N3O6S. The van der Waals surface area contributed by atoms with Crippen molar-refractivity contribution in [3.8, 4) is 0 Å². The quantitative estimate of drug-likeness (QED) is 0.559. The van der Waals surface area contributed by atoms with Crippen LogP contribution in [0.5, 0.6) is 0 Å². The second-order valence-corrected chi connectivity index (χ2v) is 8.63. The Morgan fingerprint density at radius 1 is 1.21 bits per heavy atom. The minimum atomic E-state index is -3.22. The first-order valence-electron chi connectivity index (χ1n) is 8.77. The van der Waals surface area contributed by atoms with Crippen LogP contribution in [0.15, 0.2) is 18.2 Å². The average molecular weight is 411 g/mol. The Bertz CT molecular complexity index is 953. The van der Waals surface area contributed by atoms with Crippen molar-refractivity contribution >= 4 is 32.9 Å². The molecular weight excluding hydrogens is 386 g/mol. The van der Waals surface area contributed by atoms with Gasteiger partial charge in [0.05, 0.1) is 18.6 Å². The second-order valence-electron chi connectivity index (χ2n) is 6.70. The van der Waals surface area contributed by atoms with Gasteiger partial charge in [-0.2, -0.15) is 0 Å². The first-order chi connectivity index (χ1) is 13.1. The van der Waals surface area contributed by atoms with Crippen molar-refractivity contribution in [2.75, 3.05) is 20.6 Å². The number of rotatable bonds is 6. The smallest absolute Gasteiger partial charge is 0.303 e. The molecule has 3 rings (SSSR count). The predicted molar refractivity (Wildman–Crippen MR) is 105 cm³/mol. The van der Waals surface area contributed by atoms with Crippen LogP contribution in [0.2, 0.25) is 0 Å². The number of sulfonamides is 1. The standard InChI is InChI=1S/C14H19N3O2S.C4H6O4/c1-15-20(18,19)9-10-3-4-13-12(7-10)11-5-6-17(2)8-14(11)16-13;5-3(6)1-2-4(7)8/h3-4,7,15-16H,5-6,8-9H2,1-2H3;1-2H2,(H,5,6)(H,7,8). The Morgan fingerprint density at radius 3 is 2.43 bits per heavy atom. The lowest BCUT2D eigenvalue weighted by Crippen LogP contribution is -2.26. The average Bonchev–Trinajstić information content (AvgIpc) is 2.97. The second kappa shape index (κ2) is 9.18. The molecule has 4 N–H and O–H groups in total. The fourth-order valence-electron chi connectivity index (χ4n) is 3.02. The topological polar surface area (TPSA) is 140 Å². The molecule has 0 fully saturated rings. The summed E-state index contributed by atoms with van der Waals surface area (Å²) in [4.78, 5) is 25.0. The molecule has 154 valence electrons. The van der Waals surface area contributed by atoms with Crippen molar-refractivity contribution < 1.29 is 28.2 Å². The molecule has 0 saturated heterocycles. The zero-order chi connectivity index (χ0) is 20.9. The number of nitrogens with zero attached hydrogens (tertiary/aromatic N) is 1. The minimum Gasteiger partial charge on any atom is -0.481 e. The van der Waals surface area contributed by atoms with Gasteiger partial charge in [-0.15, -0.1) is 0 Å². The molecule has 0 bridgehead atoms. The highest BCUT2D eigenvalue weighted by atomic mass is 32.2. The minimum absolute atomic E-state index is 0.0271. The van der Waals surface area contributed by atoms with Crippen molar-refractivity contribution in [2.24, 2.45) is 0 Å². The van der Waals surface area contributed by atoms with E-state index in [9.17, 15) is 18.0 Å². The summed E-state index contributed by atoms with van der Waals surface area (Å²) < 4.78 is 25.7. The Balaban J connectivity index is 0.000000300. The number of aliphatic carboxylic acids is 2. The lowest BCUT2D eigenvalue weighted by molar-refractivity contribution is -0.143. The summed E-state index contributed by atoms with van der Waals surface area (Å²) in [5.74, 6) is -2.13. The van der Waals surface area contributed by atoms with Crippen LogP contribution < -0.4 is 4.72 Å². The van der Waals surface area contributed by atoms with Crippen molar-refractivity contribution in [3.63, 3.8) is 0 Å². The number of hydrogen-bond donors (Lipinski definition) is 4. The molecule has 1 aliphatic heterocycles. The molecule has 1 aromatic carbocycles. The number of carboxylic acids is 2. The molecule has 9 nitrogen and oxygen atoms in total. The number of benzene rings is 1. The lowest BCUT2D eigenvalue weighted by Gasteiger charge is -2.22. The van der Waals surface area contributed by atoms with Gasteiger partial charge in [0.2, 0.25) is 10.0 Å². The Hall–Kier alpha value is -2.43. The molecule has 0 radical (unpaired) electrons. The summed E-state index contributed by atoms with van der Waals surface area (Å²) in [7, 11) is 0.334. The molecule has 1 aliphatic rings. The van der Waals surface area contributed by atoms with E-state index >= 15 is 0 Å². The van der Waals surface area contributed by atoms with Gasteiger partial charge in [-0.05, 0) is 43.8 Å². The van der Waals surface area contributed by atoms with Gasteiger partial charge in [0.25, 0.3) is 0 Å². The molecule has 0 unspecified atom stereocenters. The SMILES string of the molecule is CNS(=O)(=O)Cc1ccc2[nH]c3c(c2c1)CCN(C)C3.O=C(O)CCC(=O)O. The van der Waals surface area contributed by atoms with Crippen LogP contribution in [0.4, 0.5) is 0 Å². The molecule has 2 aromatic rings. The molecule has 28 heavy (non-hydrogen) atoms. The van der Waals surface area contributed by atoms with E-state index in [4.69, 9.17) is 10.2 Å². The summed E-state index contributed by atoms with van der Waals surface area (Å²) in [5.41, 5.74) is 4.51. The fraction of sp³-hybridized carbons (Fsp3) is 0.444. The Morgan fingerprint density at radius 2 is 1.86 bits per heavy atom. The van der Waals surface area contributed by atoms with E-state index in [0.717, 1.165) is 36.0 Å². The number of aromatic nitrogens is 1. The van der Waals surface area contributed by atoms with Gasteiger partial charge >= 0.3 is 11.9 Å². The van der Waals surface area contributed by atoms with Crippen molar-refractivity contribution in [3.05, 3.63) is 35.0 Å². The van der Waals surface area contributed by atoms with Crippen LogP contribution in [0.3, 0.4) is 0 Å². The highest BCUT2D eigenvalue weighted by Crippen LogP contribution is 2.28. The summed E-state index contributed by atoms with van der Waals surface area (Å²) in [5, 5.41) is 17.0. The van der Waals surface area contributed by atoms with Crippen LogP contribution in [0.25, 0.3) is 10.9 Å². The normalized spacial score (nSPS) is 14.2. The maximum absolute atomic E-state index is 11.6. The van der Waals surface area contributed by atoms with Gasteiger partial charge in [0.15, 0.2) is 0 Å². The number of carbonyl (C=O) groups is 2. The molecule has 0 spiro atoms.